The summed E-state index contributed by atoms with van der Waals surface area (Å²) in [4.78, 5) is 41.5. The van der Waals surface area contributed by atoms with Crippen LogP contribution in [-0.2, 0) is 0 Å². The molecule has 0 saturated carbocycles. The largest absolute Gasteiger partial charge is 0.399 e. The van der Waals surface area contributed by atoms with Gasteiger partial charge < -0.3 is 5.73 Å². The van der Waals surface area contributed by atoms with Crippen molar-refractivity contribution >= 4 is 39.7 Å². The van der Waals surface area contributed by atoms with Crippen LogP contribution in [0.5, 0.6) is 0 Å². The van der Waals surface area contributed by atoms with E-state index in [2.05, 4.69) is 0 Å². The summed E-state index contributed by atoms with van der Waals surface area (Å²) in [5.41, 5.74) is 10.7. The van der Waals surface area contributed by atoms with Crippen LogP contribution in [0.1, 0.15) is 36.6 Å². The summed E-state index contributed by atoms with van der Waals surface area (Å²) in [5, 5.41) is 1.11. The summed E-state index contributed by atoms with van der Waals surface area (Å²) in [6.07, 6.45) is 0. The predicted molar refractivity (Wildman–Crippen MR) is 141 cm³/mol. The molecule has 0 aromatic heterocycles. The van der Waals surface area contributed by atoms with E-state index in [4.69, 9.17) is 5.73 Å². The predicted octanol–water partition coefficient (Wildman–Crippen LogP) is 6.12. The van der Waals surface area contributed by atoms with Gasteiger partial charge in [0, 0.05) is 33.3 Å². The Morgan fingerprint density at radius 3 is 1.89 bits per heavy atom. The molecule has 0 unspecified atom stereocenters. The Balaban J connectivity index is 1.41. The topological polar surface area (TPSA) is 80.5 Å². The minimum Gasteiger partial charge on any atom is -0.399 e. The summed E-state index contributed by atoms with van der Waals surface area (Å²) in [6, 6.07) is 32.3. The van der Waals surface area contributed by atoms with Gasteiger partial charge >= 0.3 is 0 Å². The van der Waals surface area contributed by atoms with Crippen LogP contribution in [0.15, 0.2) is 109 Å². The van der Waals surface area contributed by atoms with Gasteiger partial charge in [-0.3, -0.25) is 14.4 Å². The number of benzene rings is 5. The fourth-order valence-corrected chi connectivity index (χ4v) is 4.75. The molecular formula is C31H20N2O3. The monoisotopic (exact) mass is 468 g/mol. The van der Waals surface area contributed by atoms with E-state index in [1.165, 1.54) is 4.90 Å². The number of nitrogen functional groups attached to an aromatic ring is 1. The maximum atomic E-state index is 13.6. The van der Waals surface area contributed by atoms with Gasteiger partial charge in [-0.15, -0.1) is 0 Å². The van der Waals surface area contributed by atoms with Crippen LogP contribution in [0.3, 0.4) is 0 Å². The molecule has 1 aliphatic rings. The smallest absolute Gasteiger partial charge is 0.265 e. The number of imide groups is 1. The molecule has 5 nitrogen and oxygen atoms in total. The molecule has 0 aliphatic carbocycles. The van der Waals surface area contributed by atoms with E-state index in [1.807, 2.05) is 54.6 Å². The second-order valence-electron chi connectivity index (χ2n) is 8.70. The highest BCUT2D eigenvalue weighted by Crippen LogP contribution is 2.35. The number of hydrogen-bond acceptors (Lipinski definition) is 4. The van der Waals surface area contributed by atoms with Crippen LogP contribution in [0.4, 0.5) is 11.4 Å². The van der Waals surface area contributed by atoms with Gasteiger partial charge in [0.1, 0.15) is 0 Å². The van der Waals surface area contributed by atoms with E-state index >= 15 is 0 Å². The van der Waals surface area contributed by atoms with Gasteiger partial charge in [-0.2, -0.15) is 0 Å². The second-order valence-corrected chi connectivity index (χ2v) is 8.70. The molecule has 36 heavy (non-hydrogen) atoms. The van der Waals surface area contributed by atoms with Gasteiger partial charge in [-0.05, 0) is 59.0 Å². The molecule has 0 atom stereocenters. The third kappa shape index (κ3) is 3.37. The highest BCUT2D eigenvalue weighted by Gasteiger charge is 2.35. The zero-order valence-electron chi connectivity index (χ0n) is 19.1. The third-order valence-electron chi connectivity index (χ3n) is 6.56. The zero-order valence-corrected chi connectivity index (χ0v) is 19.1. The number of carbonyl (C=O) groups excluding carboxylic acids is 3. The third-order valence-corrected chi connectivity index (χ3v) is 6.56. The van der Waals surface area contributed by atoms with Crippen molar-refractivity contribution in [1.29, 1.82) is 0 Å². The summed E-state index contributed by atoms with van der Waals surface area (Å²) < 4.78 is 0. The standard InChI is InChI=1S/C31H20N2O3/c32-22-13-9-19(10-14-22)20-11-15-23(16-12-20)33-30(35)26-8-4-7-24-25(17-18-27(28(24)26)31(33)36)29(34)21-5-2-1-3-6-21/h1-18H,32H2. The molecule has 5 aromatic rings. The van der Waals surface area contributed by atoms with Gasteiger partial charge in [-0.25, -0.2) is 4.90 Å². The Bertz CT molecular complexity index is 1650. The molecule has 5 heteroatoms. The lowest BCUT2D eigenvalue weighted by molar-refractivity contribution is 0.0892. The van der Waals surface area contributed by atoms with E-state index in [9.17, 15) is 14.4 Å². The number of rotatable bonds is 4. The molecular weight excluding hydrogens is 448 g/mol. The van der Waals surface area contributed by atoms with Crippen molar-refractivity contribution in [3.8, 4) is 11.1 Å². The number of ketones is 1. The first-order valence-corrected chi connectivity index (χ1v) is 11.5. The average Bonchev–Trinajstić information content (AvgIpc) is 2.92. The summed E-state index contributed by atoms with van der Waals surface area (Å²) in [5.74, 6) is -0.981. The molecule has 1 aliphatic heterocycles. The number of carbonyl (C=O) groups is 3. The van der Waals surface area contributed by atoms with Gasteiger partial charge in [0.05, 0.1) is 5.69 Å². The second kappa shape index (κ2) is 8.32. The molecule has 5 aromatic carbocycles. The normalized spacial score (nSPS) is 12.7. The summed E-state index contributed by atoms with van der Waals surface area (Å²) >= 11 is 0. The number of nitrogens with zero attached hydrogens (tertiary/aromatic N) is 1. The van der Waals surface area contributed by atoms with Crippen molar-refractivity contribution in [1.82, 2.24) is 0 Å². The Kier molecular flexibility index (Phi) is 4.97. The molecule has 2 amide bonds. The first-order chi connectivity index (χ1) is 17.5. The van der Waals surface area contributed by atoms with Crippen LogP contribution < -0.4 is 10.6 Å². The highest BCUT2D eigenvalue weighted by molar-refractivity contribution is 6.37. The van der Waals surface area contributed by atoms with Crippen molar-refractivity contribution < 1.29 is 14.4 Å². The quantitative estimate of drug-likeness (QED) is 0.196. The fraction of sp³-hybridized carbons (Fsp3) is 0. The van der Waals surface area contributed by atoms with Gasteiger partial charge in [-0.1, -0.05) is 66.7 Å². The van der Waals surface area contributed by atoms with E-state index in [-0.39, 0.29) is 5.78 Å². The van der Waals surface area contributed by atoms with Crippen LogP contribution in [0.2, 0.25) is 0 Å². The molecule has 2 N–H and O–H groups in total. The summed E-state index contributed by atoms with van der Waals surface area (Å²) in [7, 11) is 0. The van der Waals surface area contributed by atoms with Crippen LogP contribution in [-0.4, -0.2) is 17.6 Å². The van der Waals surface area contributed by atoms with Crippen molar-refractivity contribution in [2.75, 3.05) is 10.6 Å². The molecule has 0 bridgehead atoms. The first kappa shape index (κ1) is 21.5. The van der Waals surface area contributed by atoms with Gasteiger partial charge in [0.15, 0.2) is 5.78 Å². The molecule has 0 fully saturated rings. The lowest BCUT2D eigenvalue weighted by atomic mass is 9.88. The van der Waals surface area contributed by atoms with Crippen molar-refractivity contribution in [2.24, 2.45) is 0 Å². The molecule has 0 saturated heterocycles. The Morgan fingerprint density at radius 1 is 0.611 bits per heavy atom. The number of nitrogens with two attached hydrogens (primary N) is 1. The van der Waals surface area contributed by atoms with Crippen LogP contribution in [0, 0.1) is 0 Å². The van der Waals surface area contributed by atoms with E-state index in [0.717, 1.165) is 11.1 Å². The Labute approximate surface area is 207 Å². The SMILES string of the molecule is Nc1ccc(-c2ccc(N3C(=O)c4cccc5c(C(=O)c6ccccc6)ccc(c45)C3=O)cc2)cc1. The van der Waals surface area contributed by atoms with Crippen LogP contribution >= 0.6 is 0 Å². The first-order valence-electron chi connectivity index (χ1n) is 11.5. The van der Waals surface area contributed by atoms with E-state index in [1.54, 1.807) is 54.6 Å². The maximum Gasteiger partial charge on any atom is 0.265 e. The molecule has 172 valence electrons. The molecule has 0 radical (unpaired) electrons. The lowest BCUT2D eigenvalue weighted by Crippen LogP contribution is -2.40. The van der Waals surface area contributed by atoms with Gasteiger partial charge in [0.2, 0.25) is 0 Å². The van der Waals surface area contributed by atoms with Gasteiger partial charge in [0.25, 0.3) is 11.8 Å². The Morgan fingerprint density at radius 2 is 1.22 bits per heavy atom. The minimum absolute atomic E-state index is 0.153. The number of hydrogen-bond donors (Lipinski definition) is 1. The van der Waals surface area contributed by atoms with E-state index < -0.39 is 11.8 Å². The zero-order chi connectivity index (χ0) is 24.8. The van der Waals surface area contributed by atoms with Crippen molar-refractivity contribution in [3.63, 3.8) is 0 Å². The van der Waals surface area contributed by atoms with Crippen molar-refractivity contribution in [2.45, 2.75) is 0 Å². The lowest BCUT2D eigenvalue weighted by Gasteiger charge is -2.28. The molecule has 6 rings (SSSR count). The summed E-state index contributed by atoms with van der Waals surface area (Å²) in [6.45, 7) is 0. The Hall–Kier alpha value is -5.03. The minimum atomic E-state index is -0.414. The highest BCUT2D eigenvalue weighted by atomic mass is 16.2. The maximum absolute atomic E-state index is 13.6. The number of amides is 2. The van der Waals surface area contributed by atoms with Crippen LogP contribution in [0.25, 0.3) is 21.9 Å². The average molecular weight is 469 g/mol. The fourth-order valence-electron chi connectivity index (χ4n) is 4.75. The molecule has 1 heterocycles. The number of anilines is 2. The van der Waals surface area contributed by atoms with E-state index in [0.29, 0.717) is 44.4 Å². The molecule has 0 spiro atoms. The van der Waals surface area contributed by atoms with Crippen molar-refractivity contribution in [3.05, 3.63) is 131 Å².